The average Bonchev–Trinajstić information content (AvgIpc) is 2.86. The van der Waals surface area contributed by atoms with Gasteiger partial charge in [-0.3, -0.25) is 4.79 Å². The maximum Gasteiger partial charge on any atom is 0.346 e. The van der Waals surface area contributed by atoms with Crippen molar-refractivity contribution < 1.29 is 14.7 Å². The van der Waals surface area contributed by atoms with Gasteiger partial charge in [-0.05, 0) is 30.1 Å². The summed E-state index contributed by atoms with van der Waals surface area (Å²) in [5.74, 6) is -1.33. The fourth-order valence-electron chi connectivity index (χ4n) is 1.20. The maximum absolute atomic E-state index is 11.6. The topological polar surface area (TPSA) is 92.2 Å². The minimum Gasteiger partial charge on any atom is -0.477 e. The van der Waals surface area contributed by atoms with E-state index in [0.29, 0.717) is 15.4 Å². The zero-order chi connectivity index (χ0) is 12.4. The molecule has 0 unspecified atom stereocenters. The Kier molecular flexibility index (Phi) is 3.16. The number of thiophene rings is 1. The summed E-state index contributed by atoms with van der Waals surface area (Å²) in [6.45, 7) is 1.68. The van der Waals surface area contributed by atoms with Gasteiger partial charge in [0.1, 0.15) is 9.75 Å². The molecular weight excluding hydrogens is 262 g/mol. The molecule has 88 valence electrons. The number of nitrogens with zero attached hydrogens (tertiary/aromatic N) is 2. The summed E-state index contributed by atoms with van der Waals surface area (Å²) in [6.07, 6.45) is 1.36. The van der Waals surface area contributed by atoms with Crippen molar-refractivity contribution in [1.29, 1.82) is 0 Å². The molecule has 2 heterocycles. The third kappa shape index (κ3) is 2.48. The first-order valence-corrected chi connectivity index (χ1v) is 6.09. The van der Waals surface area contributed by atoms with Crippen LogP contribution in [0.5, 0.6) is 0 Å². The summed E-state index contributed by atoms with van der Waals surface area (Å²) in [5.41, 5.74) is 0.625. The number of aromatic carboxylic acids is 1. The summed E-state index contributed by atoms with van der Waals surface area (Å²) >= 11 is 2.01. The van der Waals surface area contributed by atoms with E-state index in [2.05, 4.69) is 14.9 Å². The van der Waals surface area contributed by atoms with Crippen LogP contribution in [0.3, 0.4) is 0 Å². The predicted molar refractivity (Wildman–Crippen MR) is 63.9 cm³/mol. The van der Waals surface area contributed by atoms with Gasteiger partial charge >= 0.3 is 5.97 Å². The summed E-state index contributed by atoms with van der Waals surface area (Å²) < 4.78 is 3.58. The van der Waals surface area contributed by atoms with E-state index in [-0.39, 0.29) is 10.8 Å². The van der Waals surface area contributed by atoms with Gasteiger partial charge in [0.05, 0.1) is 11.2 Å². The number of rotatable bonds is 3. The number of anilines is 1. The van der Waals surface area contributed by atoms with Gasteiger partial charge in [-0.1, -0.05) is 4.49 Å². The van der Waals surface area contributed by atoms with Crippen molar-refractivity contribution >= 4 is 39.7 Å². The first kappa shape index (κ1) is 11.7. The van der Waals surface area contributed by atoms with Crippen LogP contribution in [0.2, 0.25) is 0 Å². The Morgan fingerprint density at radius 1 is 1.47 bits per heavy atom. The van der Waals surface area contributed by atoms with Gasteiger partial charge in [0, 0.05) is 0 Å². The molecule has 1 amide bonds. The molecule has 2 rings (SSSR count). The van der Waals surface area contributed by atoms with Gasteiger partial charge in [-0.15, -0.1) is 16.4 Å². The summed E-state index contributed by atoms with van der Waals surface area (Å²) in [4.78, 5) is 23.1. The molecule has 2 aromatic rings. The van der Waals surface area contributed by atoms with E-state index in [1.165, 1.54) is 6.20 Å². The zero-order valence-corrected chi connectivity index (χ0v) is 10.3. The van der Waals surface area contributed by atoms with E-state index < -0.39 is 5.97 Å². The molecular formula is C9H7N3O3S2. The van der Waals surface area contributed by atoms with Crippen molar-refractivity contribution in [3.8, 4) is 0 Å². The Balaban J connectivity index is 2.17. The second-order valence-corrected chi connectivity index (χ2v) is 5.00. The van der Waals surface area contributed by atoms with Crippen molar-refractivity contribution in [1.82, 2.24) is 9.59 Å². The molecule has 0 aliphatic rings. The van der Waals surface area contributed by atoms with Gasteiger partial charge in [-0.2, -0.15) is 0 Å². The SMILES string of the molecule is Cc1cc(NC(=O)c2cnns2)sc1C(=O)O. The minimum absolute atomic E-state index is 0.225. The molecule has 0 aliphatic carbocycles. The van der Waals surface area contributed by atoms with Crippen molar-refractivity contribution in [3.63, 3.8) is 0 Å². The number of aryl methyl sites for hydroxylation is 1. The number of hydrogen-bond acceptors (Lipinski definition) is 6. The third-order valence-electron chi connectivity index (χ3n) is 1.93. The highest BCUT2D eigenvalue weighted by atomic mass is 32.1. The standard InChI is InChI=1S/C9H7N3O3S2/c1-4-2-6(16-7(4)9(14)15)11-8(13)5-3-10-12-17-5/h2-3H,1H3,(H,11,13)(H,14,15). The fraction of sp³-hybridized carbons (Fsp3) is 0.111. The highest BCUT2D eigenvalue weighted by Gasteiger charge is 2.15. The van der Waals surface area contributed by atoms with Crippen LogP contribution in [0.15, 0.2) is 12.3 Å². The van der Waals surface area contributed by atoms with Crippen LogP contribution >= 0.6 is 22.9 Å². The van der Waals surface area contributed by atoms with E-state index in [9.17, 15) is 9.59 Å². The van der Waals surface area contributed by atoms with E-state index in [1.807, 2.05) is 0 Å². The normalized spacial score (nSPS) is 10.2. The van der Waals surface area contributed by atoms with Crippen LogP contribution in [0.25, 0.3) is 0 Å². The van der Waals surface area contributed by atoms with Crippen LogP contribution in [0.1, 0.15) is 24.9 Å². The third-order valence-corrected chi connectivity index (χ3v) is 3.74. The largest absolute Gasteiger partial charge is 0.477 e. The first-order valence-electron chi connectivity index (χ1n) is 4.50. The van der Waals surface area contributed by atoms with Gasteiger partial charge in [-0.25, -0.2) is 4.79 Å². The molecule has 0 aliphatic heterocycles. The van der Waals surface area contributed by atoms with Crippen LogP contribution < -0.4 is 5.32 Å². The summed E-state index contributed by atoms with van der Waals surface area (Å²) in [6, 6.07) is 1.63. The molecule has 2 aromatic heterocycles. The van der Waals surface area contributed by atoms with Gasteiger partial charge in [0.25, 0.3) is 5.91 Å². The lowest BCUT2D eigenvalue weighted by Crippen LogP contribution is -2.08. The minimum atomic E-state index is -0.993. The summed E-state index contributed by atoms with van der Waals surface area (Å²) in [5, 5.41) is 15.5. The lowest BCUT2D eigenvalue weighted by Gasteiger charge is -1.97. The number of nitrogens with one attached hydrogen (secondary N) is 1. The van der Waals surface area contributed by atoms with Crippen molar-refractivity contribution in [2.75, 3.05) is 5.32 Å². The molecule has 6 nitrogen and oxygen atoms in total. The molecule has 8 heteroatoms. The van der Waals surface area contributed by atoms with Gasteiger partial charge in [0.2, 0.25) is 0 Å². The van der Waals surface area contributed by atoms with E-state index >= 15 is 0 Å². The fourth-order valence-corrected chi connectivity index (χ4v) is 2.51. The quantitative estimate of drug-likeness (QED) is 0.887. The molecule has 0 spiro atoms. The lowest BCUT2D eigenvalue weighted by atomic mass is 10.3. The number of carbonyl (C=O) groups excluding carboxylic acids is 1. The number of aromatic nitrogens is 2. The molecule has 0 atom stereocenters. The number of carboxylic acid groups (broad SMARTS) is 1. The zero-order valence-electron chi connectivity index (χ0n) is 8.63. The average molecular weight is 269 g/mol. The Morgan fingerprint density at radius 2 is 2.24 bits per heavy atom. The van der Waals surface area contributed by atoms with Crippen molar-refractivity contribution in [3.05, 3.63) is 27.6 Å². The number of carboxylic acids is 1. The molecule has 0 saturated carbocycles. The first-order chi connectivity index (χ1) is 8.08. The Hall–Kier alpha value is -1.80. The monoisotopic (exact) mass is 269 g/mol. The Morgan fingerprint density at radius 3 is 2.76 bits per heavy atom. The molecule has 0 aromatic carbocycles. The van der Waals surface area contributed by atoms with Crippen molar-refractivity contribution in [2.24, 2.45) is 0 Å². The Bertz CT molecular complexity index is 562. The van der Waals surface area contributed by atoms with E-state index in [1.54, 1.807) is 13.0 Å². The number of amides is 1. The van der Waals surface area contributed by atoms with Crippen LogP contribution in [-0.2, 0) is 0 Å². The van der Waals surface area contributed by atoms with Gasteiger partial charge in [0.15, 0.2) is 0 Å². The molecule has 0 bridgehead atoms. The molecule has 17 heavy (non-hydrogen) atoms. The van der Waals surface area contributed by atoms with E-state index in [0.717, 1.165) is 22.9 Å². The lowest BCUT2D eigenvalue weighted by molar-refractivity contribution is 0.0701. The number of carbonyl (C=O) groups is 2. The molecule has 0 fully saturated rings. The van der Waals surface area contributed by atoms with Crippen LogP contribution in [0.4, 0.5) is 5.00 Å². The number of hydrogen-bond donors (Lipinski definition) is 2. The van der Waals surface area contributed by atoms with Crippen molar-refractivity contribution in [2.45, 2.75) is 6.92 Å². The van der Waals surface area contributed by atoms with Gasteiger partial charge < -0.3 is 10.4 Å². The van der Waals surface area contributed by atoms with E-state index in [4.69, 9.17) is 5.11 Å². The molecule has 2 N–H and O–H groups in total. The summed E-state index contributed by atoms with van der Waals surface area (Å²) in [7, 11) is 0. The predicted octanol–water partition coefficient (Wildman–Crippen LogP) is 1.86. The second-order valence-electron chi connectivity index (χ2n) is 3.16. The second kappa shape index (κ2) is 4.60. The molecule has 0 saturated heterocycles. The smallest absolute Gasteiger partial charge is 0.346 e. The highest BCUT2D eigenvalue weighted by Crippen LogP contribution is 2.27. The Labute approximate surface area is 104 Å². The molecule has 0 radical (unpaired) electrons. The maximum atomic E-state index is 11.6. The van der Waals surface area contributed by atoms with Crippen LogP contribution in [0, 0.1) is 6.92 Å². The van der Waals surface area contributed by atoms with Crippen LogP contribution in [-0.4, -0.2) is 26.6 Å². The highest BCUT2D eigenvalue weighted by molar-refractivity contribution is 7.18.